The number of rotatable bonds is 3. The average Bonchev–Trinajstić information content (AvgIpc) is 2.54. The summed E-state index contributed by atoms with van der Waals surface area (Å²) in [6, 6.07) is 17.1. The van der Waals surface area contributed by atoms with E-state index < -0.39 is 5.60 Å². The van der Waals surface area contributed by atoms with Crippen LogP contribution in [0.1, 0.15) is 96.4 Å². The summed E-state index contributed by atoms with van der Waals surface area (Å²) in [7, 11) is 0. The molecule has 0 aromatic heterocycles. The van der Waals surface area contributed by atoms with Gasteiger partial charge in [0.1, 0.15) is 0 Å². The summed E-state index contributed by atoms with van der Waals surface area (Å²) >= 11 is 0. The van der Waals surface area contributed by atoms with Crippen molar-refractivity contribution in [3.8, 4) is 0 Å². The van der Waals surface area contributed by atoms with Crippen LogP contribution in [0, 0.1) is 0 Å². The Morgan fingerprint density at radius 1 is 0.577 bits per heavy atom. The van der Waals surface area contributed by atoms with E-state index in [4.69, 9.17) is 0 Å². The maximum absolute atomic E-state index is 9.72. The van der Waals surface area contributed by atoms with Gasteiger partial charge in [0.25, 0.3) is 0 Å². The quantitative estimate of drug-likeness (QED) is 0.620. The van der Waals surface area contributed by atoms with E-state index in [1.807, 2.05) is 12.1 Å². The van der Waals surface area contributed by atoms with Crippen molar-refractivity contribution in [3.63, 3.8) is 0 Å². The molecule has 0 radical (unpaired) electrons. The normalized spacial score (nSPS) is 12.2. The second-order valence-corrected chi connectivity index (χ2v) is 9.36. The van der Waals surface area contributed by atoms with E-state index in [2.05, 4.69) is 84.9 Å². The van der Waals surface area contributed by atoms with Gasteiger partial charge in [-0.3, -0.25) is 0 Å². The van der Waals surface area contributed by atoms with Crippen LogP contribution in [0.5, 0.6) is 0 Å². The third-order valence-electron chi connectivity index (χ3n) is 4.73. The van der Waals surface area contributed by atoms with Crippen molar-refractivity contribution in [1.29, 1.82) is 0 Å². The lowest BCUT2D eigenvalue weighted by Crippen LogP contribution is -2.15. The monoisotopic (exact) mass is 354 g/mol. The molecule has 0 unspecified atom stereocenters. The molecule has 2 aromatic carbocycles. The van der Waals surface area contributed by atoms with Crippen LogP contribution in [-0.4, -0.2) is 5.11 Å². The molecule has 144 valence electrons. The van der Waals surface area contributed by atoms with Crippen LogP contribution in [0.3, 0.4) is 0 Å². The molecule has 0 atom stereocenters. The van der Waals surface area contributed by atoms with Gasteiger partial charge in [-0.2, -0.15) is 0 Å². The molecule has 1 nitrogen and oxygen atoms in total. The first-order valence-electron chi connectivity index (χ1n) is 9.75. The molecule has 0 bridgehead atoms. The van der Waals surface area contributed by atoms with E-state index in [1.165, 1.54) is 16.7 Å². The zero-order valence-electron chi connectivity index (χ0n) is 18.2. The van der Waals surface area contributed by atoms with Crippen molar-refractivity contribution >= 4 is 0 Å². The fourth-order valence-corrected chi connectivity index (χ4v) is 2.64. The zero-order chi connectivity index (χ0) is 20.1. The van der Waals surface area contributed by atoms with Crippen LogP contribution < -0.4 is 0 Å². The highest BCUT2D eigenvalue weighted by atomic mass is 16.3. The number of aliphatic hydroxyl groups is 1. The van der Waals surface area contributed by atoms with Crippen molar-refractivity contribution in [2.45, 2.75) is 85.2 Å². The second kappa shape index (κ2) is 8.86. The maximum Gasteiger partial charge on any atom is 0.0840 e. The first kappa shape index (κ1) is 22.4. The van der Waals surface area contributed by atoms with E-state index in [0.717, 1.165) is 5.56 Å². The lowest BCUT2D eigenvalue weighted by atomic mass is 9.86. The average molecular weight is 355 g/mol. The first-order valence-corrected chi connectivity index (χ1v) is 9.75. The molecule has 0 heterocycles. The van der Waals surface area contributed by atoms with Gasteiger partial charge < -0.3 is 5.11 Å². The minimum Gasteiger partial charge on any atom is -0.386 e. The molecule has 0 fully saturated rings. The van der Waals surface area contributed by atoms with E-state index in [0.29, 0.717) is 11.8 Å². The molecule has 0 saturated carbocycles. The molecule has 0 aliphatic carbocycles. The summed E-state index contributed by atoms with van der Waals surface area (Å²) in [5.74, 6) is 1.19. The summed E-state index contributed by atoms with van der Waals surface area (Å²) in [4.78, 5) is 0. The van der Waals surface area contributed by atoms with E-state index in [9.17, 15) is 5.11 Å². The van der Waals surface area contributed by atoms with Crippen molar-refractivity contribution in [1.82, 2.24) is 0 Å². The fraction of sp³-hybridized carbons (Fsp3) is 0.520. The van der Waals surface area contributed by atoms with Gasteiger partial charge in [0.15, 0.2) is 0 Å². The summed E-state index contributed by atoms with van der Waals surface area (Å²) < 4.78 is 0. The van der Waals surface area contributed by atoms with Gasteiger partial charge in [0.05, 0.1) is 5.60 Å². The Morgan fingerprint density at radius 3 is 1.12 bits per heavy atom. The highest BCUT2D eigenvalue weighted by Gasteiger charge is 2.15. The van der Waals surface area contributed by atoms with Gasteiger partial charge in [0, 0.05) is 0 Å². The molecular weight excluding hydrogens is 316 g/mol. The summed E-state index contributed by atoms with van der Waals surface area (Å²) in [6.07, 6.45) is 0. The van der Waals surface area contributed by atoms with Gasteiger partial charge >= 0.3 is 0 Å². The fourth-order valence-electron chi connectivity index (χ4n) is 2.64. The first-order chi connectivity index (χ1) is 11.8. The number of hydrogen-bond donors (Lipinski definition) is 1. The molecule has 2 aromatic rings. The summed E-state index contributed by atoms with van der Waals surface area (Å²) in [5.41, 5.74) is 4.67. The Morgan fingerprint density at radius 2 is 0.885 bits per heavy atom. The molecule has 0 aliphatic rings. The topological polar surface area (TPSA) is 20.2 Å². The predicted molar refractivity (Wildman–Crippen MR) is 115 cm³/mol. The van der Waals surface area contributed by atoms with Crippen molar-refractivity contribution < 1.29 is 5.11 Å². The Labute approximate surface area is 161 Å². The van der Waals surface area contributed by atoms with Crippen LogP contribution >= 0.6 is 0 Å². The van der Waals surface area contributed by atoms with E-state index in [-0.39, 0.29) is 5.41 Å². The highest BCUT2D eigenvalue weighted by Crippen LogP contribution is 2.24. The SMILES string of the molecule is CC(C)c1ccc(C(C)(C)C)cc1.CC(C)c1ccc(C(C)(C)O)cc1. The molecule has 0 spiro atoms. The molecule has 1 heteroatoms. The highest BCUT2D eigenvalue weighted by molar-refractivity contribution is 5.29. The Hall–Kier alpha value is -1.60. The van der Waals surface area contributed by atoms with Gasteiger partial charge in [-0.15, -0.1) is 0 Å². The van der Waals surface area contributed by atoms with Crippen molar-refractivity contribution in [2.24, 2.45) is 0 Å². The summed E-state index contributed by atoms with van der Waals surface area (Å²) in [5, 5.41) is 9.72. The predicted octanol–water partition coefficient (Wildman–Crippen LogP) is 7.14. The minimum atomic E-state index is -0.727. The number of hydrogen-bond acceptors (Lipinski definition) is 1. The molecule has 0 saturated heterocycles. The van der Waals surface area contributed by atoms with Crippen LogP contribution in [0.25, 0.3) is 0 Å². The Balaban J connectivity index is 0.000000260. The molecule has 0 amide bonds. The standard InChI is InChI=1S/C13H20.C12H18O/c1-10(2)11-6-8-12(9-7-11)13(3,4)5;1-9(2)10-5-7-11(8-6-10)12(3,4)13/h6-10H,1-5H3;5-9,13H,1-4H3. The molecule has 2 rings (SSSR count). The number of benzene rings is 2. The largest absolute Gasteiger partial charge is 0.386 e. The smallest absolute Gasteiger partial charge is 0.0840 e. The van der Waals surface area contributed by atoms with Crippen LogP contribution in [-0.2, 0) is 11.0 Å². The molecule has 1 N–H and O–H groups in total. The Bertz CT molecular complexity index is 586. The van der Waals surface area contributed by atoms with Gasteiger partial charge in [-0.25, -0.2) is 0 Å². The van der Waals surface area contributed by atoms with Crippen LogP contribution in [0.15, 0.2) is 48.5 Å². The van der Waals surface area contributed by atoms with E-state index >= 15 is 0 Å². The lowest BCUT2D eigenvalue weighted by Gasteiger charge is -2.19. The molecule has 0 aliphatic heterocycles. The third kappa shape index (κ3) is 6.96. The van der Waals surface area contributed by atoms with Gasteiger partial charge in [-0.1, -0.05) is 97.0 Å². The van der Waals surface area contributed by atoms with E-state index in [1.54, 1.807) is 13.8 Å². The van der Waals surface area contributed by atoms with Crippen molar-refractivity contribution in [2.75, 3.05) is 0 Å². The van der Waals surface area contributed by atoms with Gasteiger partial charge in [-0.05, 0) is 53.4 Å². The van der Waals surface area contributed by atoms with Crippen molar-refractivity contribution in [3.05, 3.63) is 70.8 Å². The summed E-state index contributed by atoms with van der Waals surface area (Å²) in [6.45, 7) is 19.1. The Kier molecular flexibility index (Phi) is 7.65. The third-order valence-corrected chi connectivity index (χ3v) is 4.73. The molecule has 26 heavy (non-hydrogen) atoms. The maximum atomic E-state index is 9.72. The van der Waals surface area contributed by atoms with Crippen LogP contribution in [0.4, 0.5) is 0 Å². The second-order valence-electron chi connectivity index (χ2n) is 9.36. The molecular formula is C25H38O. The lowest BCUT2D eigenvalue weighted by molar-refractivity contribution is 0.0786. The van der Waals surface area contributed by atoms with Crippen LogP contribution in [0.2, 0.25) is 0 Å². The zero-order valence-corrected chi connectivity index (χ0v) is 18.2. The minimum absolute atomic E-state index is 0.273. The van der Waals surface area contributed by atoms with Gasteiger partial charge in [0.2, 0.25) is 0 Å².